The number of carbonyl (C=O) groups is 2. The van der Waals surface area contributed by atoms with Gasteiger partial charge < -0.3 is 53.4 Å². The van der Waals surface area contributed by atoms with Crippen molar-refractivity contribution in [1.29, 1.82) is 0 Å². The zero-order chi connectivity index (χ0) is 35.8. The number of likely N-dealkylation sites (N-methyl/N-ethyl adjacent to an activating group) is 1. The lowest BCUT2D eigenvalue weighted by molar-refractivity contribution is -0.299. The third-order valence-corrected chi connectivity index (χ3v) is 11.4. The van der Waals surface area contributed by atoms with Crippen molar-refractivity contribution < 1.29 is 58.1 Å². The van der Waals surface area contributed by atoms with Crippen molar-refractivity contribution in [3.8, 4) is 0 Å². The number of carbonyl (C=O) groups excluding carboxylic acids is 2. The summed E-state index contributed by atoms with van der Waals surface area (Å²) in [6.07, 6.45) is -7.15. The summed E-state index contributed by atoms with van der Waals surface area (Å²) >= 11 is 0. The van der Waals surface area contributed by atoms with Gasteiger partial charge in [0, 0.05) is 37.3 Å². The summed E-state index contributed by atoms with van der Waals surface area (Å²) < 4.78 is 43.0. The smallest absolute Gasteiger partial charge is 0.311 e. The maximum absolute atomic E-state index is 13.9. The number of methoxy groups -OCH3 is 1. The highest BCUT2D eigenvalue weighted by Gasteiger charge is 2.57. The van der Waals surface area contributed by atoms with Gasteiger partial charge in [0.2, 0.25) is 0 Å². The van der Waals surface area contributed by atoms with Crippen molar-refractivity contribution >= 4 is 11.8 Å². The number of nitrogens with zero attached hydrogens (tertiary/aromatic N) is 1. The minimum Gasteiger partial charge on any atom is -0.462 e. The number of ketones is 1. The molecule has 4 fully saturated rings. The van der Waals surface area contributed by atoms with Crippen LogP contribution in [0.5, 0.6) is 0 Å². The van der Waals surface area contributed by atoms with Crippen LogP contribution in [0.4, 0.5) is 0 Å². The molecule has 0 bridgehead atoms. The molecular weight excluding hydrogens is 626 g/mol. The summed E-state index contributed by atoms with van der Waals surface area (Å²) in [5, 5.41) is 33.3. The average molecular weight is 688 g/mol. The largest absolute Gasteiger partial charge is 0.462 e. The van der Waals surface area contributed by atoms with Crippen molar-refractivity contribution in [3.63, 3.8) is 0 Å². The Bertz CT molecular complexity index is 1090. The molecule has 0 aromatic rings. The fourth-order valence-corrected chi connectivity index (χ4v) is 7.89. The van der Waals surface area contributed by atoms with Crippen molar-refractivity contribution in [2.75, 3.05) is 27.8 Å². The molecule has 4 rings (SSSR count). The van der Waals surface area contributed by atoms with Gasteiger partial charge in [-0.25, -0.2) is 0 Å². The van der Waals surface area contributed by atoms with Crippen molar-refractivity contribution in [1.82, 2.24) is 4.90 Å². The van der Waals surface area contributed by atoms with Crippen LogP contribution in [0.1, 0.15) is 74.7 Å². The molecule has 0 aliphatic carbocycles. The zero-order valence-electron chi connectivity index (χ0n) is 30.6. The molecule has 0 amide bonds. The highest BCUT2D eigenvalue weighted by atomic mass is 16.7. The van der Waals surface area contributed by atoms with E-state index in [1.807, 2.05) is 39.8 Å². The summed E-state index contributed by atoms with van der Waals surface area (Å²) in [5.41, 5.74) is -1.10. The number of rotatable bonds is 6. The van der Waals surface area contributed by atoms with Crippen molar-refractivity contribution in [2.45, 2.75) is 154 Å². The Morgan fingerprint density at radius 2 is 1.44 bits per heavy atom. The Labute approximate surface area is 285 Å². The topological polar surface area (TPSA) is 166 Å². The molecule has 4 aliphatic heterocycles. The molecular formula is C35H61NO12. The molecule has 0 radical (unpaired) electrons. The Morgan fingerprint density at radius 1 is 0.792 bits per heavy atom. The van der Waals surface area contributed by atoms with E-state index in [1.165, 1.54) is 7.11 Å². The predicted molar refractivity (Wildman–Crippen MR) is 174 cm³/mol. The first-order chi connectivity index (χ1) is 22.4. The number of hydrogen-bond donors (Lipinski definition) is 3. The Hall–Kier alpha value is -1.26. The summed E-state index contributed by atoms with van der Waals surface area (Å²) in [4.78, 5) is 29.7. The lowest BCUT2D eigenvalue weighted by Crippen LogP contribution is -2.57. The van der Waals surface area contributed by atoms with Gasteiger partial charge in [-0.1, -0.05) is 27.7 Å². The van der Waals surface area contributed by atoms with E-state index >= 15 is 0 Å². The second-order valence-corrected chi connectivity index (χ2v) is 15.3. The highest BCUT2D eigenvalue weighted by Crippen LogP contribution is 2.43. The van der Waals surface area contributed by atoms with Gasteiger partial charge in [-0.15, -0.1) is 0 Å². The van der Waals surface area contributed by atoms with Crippen LogP contribution in [0.25, 0.3) is 0 Å². The second-order valence-electron chi connectivity index (χ2n) is 15.3. The standard InChI is InChI=1S/C35H61NO12/c1-16-14-35(15-43-35)32(40)19(4)27(37)18(3)22(7)46-33(41)21(6)31(47-26-13-25(42-11)28(38)23(8)45-26)20(5)30(16)48-34-29(39)24(36(9)10)12-17(2)44-34/h16-31,34,37-39H,12-15H2,1-11H3/t16-,17-,18-,19?,20+,21+,22+,23-,24+,25-,26+,27-,28-,29+,30-,31?,34+,35-/m0/s1. The molecule has 4 aliphatic rings. The second kappa shape index (κ2) is 16.0. The van der Waals surface area contributed by atoms with Gasteiger partial charge in [-0.3, -0.25) is 9.59 Å². The number of hydrogen-bond acceptors (Lipinski definition) is 13. The van der Waals surface area contributed by atoms with E-state index in [4.69, 9.17) is 33.2 Å². The van der Waals surface area contributed by atoms with Gasteiger partial charge in [-0.05, 0) is 60.5 Å². The maximum Gasteiger partial charge on any atom is 0.311 e. The van der Waals surface area contributed by atoms with E-state index in [1.54, 1.807) is 34.6 Å². The van der Waals surface area contributed by atoms with Crippen molar-refractivity contribution in [3.05, 3.63) is 0 Å². The number of epoxide rings is 1. The molecule has 18 atom stereocenters. The zero-order valence-corrected chi connectivity index (χ0v) is 30.6. The van der Waals surface area contributed by atoms with E-state index in [0.29, 0.717) is 6.42 Å². The number of esters is 1. The summed E-state index contributed by atoms with van der Waals surface area (Å²) in [6.45, 7) is 14.6. The van der Waals surface area contributed by atoms with Crippen LogP contribution in [-0.2, 0) is 42.7 Å². The average Bonchev–Trinajstić information content (AvgIpc) is 3.82. The van der Waals surface area contributed by atoms with Crippen LogP contribution >= 0.6 is 0 Å². The highest BCUT2D eigenvalue weighted by molar-refractivity contribution is 5.92. The molecule has 0 aromatic carbocycles. The number of aliphatic hydroxyl groups is 3. The first-order valence-electron chi connectivity index (χ1n) is 17.7. The molecule has 13 nitrogen and oxygen atoms in total. The molecule has 4 saturated heterocycles. The van der Waals surface area contributed by atoms with E-state index in [9.17, 15) is 24.9 Å². The van der Waals surface area contributed by atoms with Gasteiger partial charge in [-0.2, -0.15) is 0 Å². The monoisotopic (exact) mass is 687 g/mol. The van der Waals surface area contributed by atoms with Gasteiger partial charge >= 0.3 is 5.97 Å². The molecule has 48 heavy (non-hydrogen) atoms. The molecule has 4 heterocycles. The van der Waals surface area contributed by atoms with Gasteiger partial charge in [0.1, 0.15) is 18.3 Å². The Morgan fingerprint density at radius 3 is 2.02 bits per heavy atom. The van der Waals surface area contributed by atoms with E-state index in [0.717, 1.165) is 0 Å². The van der Waals surface area contributed by atoms with Gasteiger partial charge in [0.05, 0.1) is 49.1 Å². The fourth-order valence-electron chi connectivity index (χ4n) is 7.89. The van der Waals surface area contributed by atoms with Crippen LogP contribution in [-0.4, -0.2) is 139 Å². The first-order valence-corrected chi connectivity index (χ1v) is 17.7. The van der Waals surface area contributed by atoms with Crippen LogP contribution in [0.3, 0.4) is 0 Å². The molecule has 13 heteroatoms. The minimum atomic E-state index is -1.10. The van der Waals surface area contributed by atoms with Crippen LogP contribution in [0.2, 0.25) is 0 Å². The molecule has 0 saturated carbocycles. The van der Waals surface area contributed by atoms with E-state index in [2.05, 4.69) is 0 Å². The molecule has 2 unspecified atom stereocenters. The molecule has 278 valence electrons. The lowest BCUT2D eigenvalue weighted by atomic mass is 9.76. The van der Waals surface area contributed by atoms with Crippen LogP contribution < -0.4 is 0 Å². The lowest BCUT2D eigenvalue weighted by Gasteiger charge is -2.46. The molecule has 1 spiro atoms. The first kappa shape index (κ1) is 39.5. The van der Waals surface area contributed by atoms with E-state index in [-0.39, 0.29) is 43.3 Å². The fraction of sp³-hybridized carbons (Fsp3) is 0.943. The van der Waals surface area contributed by atoms with Gasteiger partial charge in [0.15, 0.2) is 24.0 Å². The molecule has 3 N–H and O–H groups in total. The Balaban J connectivity index is 1.75. The summed E-state index contributed by atoms with van der Waals surface area (Å²) in [6, 6.07) is -0.219. The normalized spacial score (nSPS) is 49.9. The number of aliphatic hydroxyl groups excluding tert-OH is 3. The number of ether oxygens (including phenoxy) is 7. The minimum absolute atomic E-state index is 0.198. The predicted octanol–water partition coefficient (Wildman–Crippen LogP) is 1.91. The Kier molecular flexibility index (Phi) is 13.1. The third kappa shape index (κ3) is 8.43. The van der Waals surface area contributed by atoms with Gasteiger partial charge in [0.25, 0.3) is 0 Å². The quantitative estimate of drug-likeness (QED) is 0.274. The van der Waals surface area contributed by atoms with Crippen LogP contribution in [0.15, 0.2) is 0 Å². The third-order valence-electron chi connectivity index (χ3n) is 11.4. The SMILES string of the molecule is CO[C@H]1C[C@@H](OC2[C@@H](C)C(=O)O[C@H](C)[C@H](C)[C@H](O)C(C)C(=O)[C@@]3(CO3)C[C@H](C)[C@H](O[C@H]3O[C@@H](C)C[C@@H](N(C)C)[C@H]3O)[C@H]2C)O[C@@H](C)[C@@H]1O. The van der Waals surface area contributed by atoms with Crippen LogP contribution in [0, 0.1) is 29.6 Å². The summed E-state index contributed by atoms with van der Waals surface area (Å²) in [5.74, 6) is -3.74. The number of cyclic esters (lactones) is 1. The van der Waals surface area contributed by atoms with Crippen molar-refractivity contribution in [2.24, 2.45) is 29.6 Å². The number of Topliss-reactive ketones (excluding diaryl/α,β-unsaturated/α-hetero) is 1. The maximum atomic E-state index is 13.9. The molecule has 0 aromatic heterocycles. The van der Waals surface area contributed by atoms with E-state index < -0.39 is 96.7 Å². The summed E-state index contributed by atoms with van der Waals surface area (Å²) in [7, 11) is 5.32.